The van der Waals surface area contributed by atoms with E-state index >= 15 is 0 Å². The third-order valence-electron chi connectivity index (χ3n) is 2.40. The van der Waals surface area contributed by atoms with Crippen molar-refractivity contribution in [2.45, 2.75) is 39.7 Å². The Hall–Kier alpha value is -0.380. The number of hydrogen-bond donors (Lipinski definition) is 0. The molecule has 1 aromatic rings. The van der Waals surface area contributed by atoms with Gasteiger partial charge in [-0.2, -0.15) is 5.10 Å². The molecule has 0 spiro atoms. The first-order valence-corrected chi connectivity index (χ1v) is 6.25. The van der Waals surface area contributed by atoms with Crippen molar-refractivity contribution in [3.05, 3.63) is 12.2 Å². The third kappa shape index (κ3) is 2.80. The van der Waals surface area contributed by atoms with Gasteiger partial charge in [0.15, 0.2) is 0 Å². The van der Waals surface area contributed by atoms with Gasteiger partial charge in [-0.3, -0.25) is 0 Å². The summed E-state index contributed by atoms with van der Waals surface area (Å²) in [6.07, 6.45) is 3.84. The highest BCUT2D eigenvalue weighted by molar-refractivity contribution is 9.09. The fraction of sp³-hybridized carbons (Fsp3) is 0.800. The Morgan fingerprint density at radius 3 is 2.71 bits per heavy atom. The van der Waals surface area contributed by atoms with E-state index in [4.69, 9.17) is 0 Å². The molecule has 0 aliphatic heterocycles. The molecule has 0 aromatic carbocycles. The van der Waals surface area contributed by atoms with Gasteiger partial charge in [0.05, 0.1) is 0 Å². The molecule has 1 heterocycles. The zero-order valence-electron chi connectivity index (χ0n) is 9.07. The summed E-state index contributed by atoms with van der Waals surface area (Å²) in [7, 11) is 0. The minimum absolute atomic E-state index is 0.403. The molecule has 0 saturated heterocycles. The van der Waals surface area contributed by atoms with Crippen molar-refractivity contribution in [3.63, 3.8) is 0 Å². The van der Waals surface area contributed by atoms with Crippen LogP contribution < -0.4 is 0 Å². The summed E-state index contributed by atoms with van der Waals surface area (Å²) < 4.78 is 2.01. The molecule has 80 valence electrons. The van der Waals surface area contributed by atoms with Crippen LogP contribution in [0.25, 0.3) is 0 Å². The molecule has 0 N–H and O–H groups in total. The molecule has 0 saturated carbocycles. The number of halogens is 1. The fourth-order valence-electron chi connectivity index (χ4n) is 1.42. The quantitative estimate of drug-likeness (QED) is 0.762. The summed E-state index contributed by atoms with van der Waals surface area (Å²) in [5.41, 5.74) is 0. The Morgan fingerprint density at radius 2 is 2.21 bits per heavy atom. The molecule has 0 aliphatic carbocycles. The first-order valence-electron chi connectivity index (χ1n) is 5.13. The number of hydrogen-bond acceptors (Lipinski definition) is 2. The summed E-state index contributed by atoms with van der Waals surface area (Å²) in [5, 5.41) is 5.26. The minimum Gasteiger partial charge on any atom is -0.248 e. The normalized spacial score (nSPS) is 13.5. The van der Waals surface area contributed by atoms with Crippen LogP contribution in [0, 0.1) is 5.92 Å². The number of alkyl halides is 1. The van der Waals surface area contributed by atoms with E-state index in [2.05, 4.69) is 46.8 Å². The van der Waals surface area contributed by atoms with Crippen molar-refractivity contribution < 1.29 is 0 Å². The Labute approximate surface area is 94.0 Å². The molecule has 1 unspecified atom stereocenters. The van der Waals surface area contributed by atoms with Gasteiger partial charge in [0.25, 0.3) is 0 Å². The molecule has 0 radical (unpaired) electrons. The van der Waals surface area contributed by atoms with E-state index < -0.39 is 0 Å². The molecule has 0 amide bonds. The van der Waals surface area contributed by atoms with Crippen molar-refractivity contribution in [1.29, 1.82) is 0 Å². The topological polar surface area (TPSA) is 30.7 Å². The Kier molecular flexibility index (Phi) is 4.58. The minimum atomic E-state index is 0.403. The van der Waals surface area contributed by atoms with Crippen LogP contribution in [0.15, 0.2) is 6.33 Å². The second-order valence-corrected chi connectivity index (χ2v) is 4.49. The van der Waals surface area contributed by atoms with E-state index in [1.807, 2.05) is 4.68 Å². The van der Waals surface area contributed by atoms with E-state index in [0.717, 1.165) is 17.6 Å². The van der Waals surface area contributed by atoms with Crippen LogP contribution in [0.5, 0.6) is 0 Å². The van der Waals surface area contributed by atoms with Gasteiger partial charge in [0, 0.05) is 17.8 Å². The van der Waals surface area contributed by atoms with Crippen LogP contribution in [0.4, 0.5) is 0 Å². The molecular formula is C10H18BrN3. The van der Waals surface area contributed by atoms with Gasteiger partial charge in [0.2, 0.25) is 0 Å². The highest BCUT2D eigenvalue weighted by Crippen LogP contribution is 2.14. The smallest absolute Gasteiger partial charge is 0.138 e. The van der Waals surface area contributed by atoms with E-state index in [9.17, 15) is 0 Å². The second-order valence-electron chi connectivity index (χ2n) is 3.85. The molecule has 0 bridgehead atoms. The predicted molar refractivity (Wildman–Crippen MR) is 61.7 cm³/mol. The van der Waals surface area contributed by atoms with Gasteiger partial charge in [-0.1, -0.05) is 29.3 Å². The molecule has 0 fully saturated rings. The maximum absolute atomic E-state index is 4.30. The maximum Gasteiger partial charge on any atom is 0.138 e. The van der Waals surface area contributed by atoms with Gasteiger partial charge < -0.3 is 0 Å². The molecule has 4 heteroatoms. The zero-order valence-corrected chi connectivity index (χ0v) is 10.7. The average Bonchev–Trinajstić information content (AvgIpc) is 2.62. The van der Waals surface area contributed by atoms with E-state index in [0.29, 0.717) is 12.0 Å². The first kappa shape index (κ1) is 11.7. The highest BCUT2D eigenvalue weighted by Gasteiger charge is 2.12. The van der Waals surface area contributed by atoms with E-state index in [1.165, 1.54) is 6.42 Å². The van der Waals surface area contributed by atoms with Crippen LogP contribution in [0.1, 0.15) is 39.1 Å². The fourth-order valence-corrected chi connectivity index (χ4v) is 2.10. The van der Waals surface area contributed by atoms with Crippen molar-refractivity contribution in [2.24, 2.45) is 5.92 Å². The van der Waals surface area contributed by atoms with E-state index in [1.54, 1.807) is 6.33 Å². The van der Waals surface area contributed by atoms with Gasteiger partial charge >= 0.3 is 0 Å². The number of nitrogens with zero attached hydrogens (tertiary/aromatic N) is 3. The van der Waals surface area contributed by atoms with Crippen molar-refractivity contribution in [1.82, 2.24) is 14.8 Å². The van der Waals surface area contributed by atoms with E-state index in [-0.39, 0.29) is 0 Å². The first-order chi connectivity index (χ1) is 6.69. The lowest BCUT2D eigenvalue weighted by molar-refractivity contribution is 0.469. The monoisotopic (exact) mass is 259 g/mol. The molecule has 14 heavy (non-hydrogen) atoms. The lowest BCUT2D eigenvalue weighted by atomic mass is 10.0. The summed E-state index contributed by atoms with van der Waals surface area (Å²) in [6, 6.07) is 0.403. The standard InChI is InChI=1S/C10H18BrN3/c1-4-9(6-11)5-10-12-7-13-14(10)8(2)3/h7-9H,4-6H2,1-3H3. The van der Waals surface area contributed by atoms with Crippen molar-refractivity contribution in [2.75, 3.05) is 5.33 Å². The van der Waals surface area contributed by atoms with Crippen LogP contribution >= 0.6 is 15.9 Å². The molecule has 1 atom stereocenters. The highest BCUT2D eigenvalue weighted by atomic mass is 79.9. The Balaban J connectivity index is 2.70. The van der Waals surface area contributed by atoms with Gasteiger partial charge in [-0.05, 0) is 19.8 Å². The second kappa shape index (κ2) is 5.49. The van der Waals surface area contributed by atoms with Crippen LogP contribution in [0.3, 0.4) is 0 Å². The van der Waals surface area contributed by atoms with Gasteiger partial charge in [-0.15, -0.1) is 0 Å². The number of aromatic nitrogens is 3. The summed E-state index contributed by atoms with van der Waals surface area (Å²) in [5.74, 6) is 1.77. The Morgan fingerprint density at radius 1 is 1.50 bits per heavy atom. The van der Waals surface area contributed by atoms with Crippen LogP contribution in [0.2, 0.25) is 0 Å². The zero-order chi connectivity index (χ0) is 10.6. The van der Waals surface area contributed by atoms with Crippen LogP contribution in [-0.2, 0) is 6.42 Å². The summed E-state index contributed by atoms with van der Waals surface area (Å²) >= 11 is 3.53. The lowest BCUT2D eigenvalue weighted by Crippen LogP contribution is -2.13. The molecule has 1 aromatic heterocycles. The molecule has 3 nitrogen and oxygen atoms in total. The average molecular weight is 260 g/mol. The molecular weight excluding hydrogens is 242 g/mol. The lowest BCUT2D eigenvalue weighted by Gasteiger charge is -2.13. The number of rotatable bonds is 5. The van der Waals surface area contributed by atoms with Crippen molar-refractivity contribution >= 4 is 15.9 Å². The SMILES string of the molecule is CCC(CBr)Cc1ncnn1C(C)C. The Bertz CT molecular complexity index is 266. The molecule has 0 aliphatic rings. The van der Waals surface area contributed by atoms with Crippen molar-refractivity contribution in [3.8, 4) is 0 Å². The summed E-state index contributed by atoms with van der Waals surface area (Å²) in [4.78, 5) is 4.30. The third-order valence-corrected chi connectivity index (χ3v) is 3.32. The van der Waals surface area contributed by atoms with Gasteiger partial charge in [0.1, 0.15) is 12.2 Å². The maximum atomic E-state index is 4.30. The predicted octanol–water partition coefficient (Wildman–Crippen LogP) is 2.82. The van der Waals surface area contributed by atoms with Gasteiger partial charge in [-0.25, -0.2) is 9.67 Å². The largest absolute Gasteiger partial charge is 0.248 e. The van der Waals surface area contributed by atoms with Crippen LogP contribution in [-0.4, -0.2) is 20.1 Å². The molecule has 1 rings (SSSR count). The summed E-state index contributed by atoms with van der Waals surface area (Å²) in [6.45, 7) is 6.47.